The Labute approximate surface area is 474 Å². The first-order valence-electron chi connectivity index (χ1n) is 33.4. The van der Waals surface area contributed by atoms with E-state index in [-0.39, 0.29) is 16.9 Å². The Morgan fingerprint density at radius 2 is 1.59 bits per heavy atom. The summed E-state index contributed by atoms with van der Waals surface area (Å²) in [6, 6.07) is 1.77. The molecule has 0 saturated heterocycles. The number of rotatable bonds is 13. The highest BCUT2D eigenvalue weighted by Crippen LogP contribution is 2.68. The van der Waals surface area contributed by atoms with Gasteiger partial charge in [-0.15, -0.1) is 6.58 Å². The molecule has 418 valence electrons. The molecule has 12 aliphatic carbocycles. The van der Waals surface area contributed by atoms with Gasteiger partial charge in [-0.1, -0.05) is 141 Å². The van der Waals surface area contributed by atoms with Crippen LogP contribution < -0.4 is 0 Å². The molecule has 0 aromatic rings. The fraction of sp³-hybridized carbons (Fsp3) is 0.653. The van der Waals surface area contributed by atoms with E-state index in [2.05, 4.69) is 123 Å². The molecule has 12 unspecified atom stereocenters. The third-order valence-corrected chi connectivity index (χ3v) is 24.4. The second-order valence-electron chi connectivity index (χ2n) is 28.6. The van der Waals surface area contributed by atoms with Gasteiger partial charge >= 0.3 is 0 Å². The maximum absolute atomic E-state index is 6.87. The van der Waals surface area contributed by atoms with Gasteiger partial charge in [0.05, 0.1) is 5.76 Å². The lowest BCUT2D eigenvalue weighted by Gasteiger charge is -2.52. The van der Waals surface area contributed by atoms with Crippen LogP contribution >= 0.6 is 0 Å². The lowest BCUT2D eigenvalue weighted by Crippen LogP contribution is -2.47. The molecule has 3 nitrogen and oxygen atoms in total. The Balaban J connectivity index is 0.802. The second kappa shape index (κ2) is 22.8. The average Bonchev–Trinajstić information content (AvgIpc) is 4.11. The van der Waals surface area contributed by atoms with Gasteiger partial charge in [-0.2, -0.15) is 0 Å². The smallest absolute Gasteiger partial charge is 0.102 e. The number of ether oxygens (including phenoxy) is 1. The van der Waals surface area contributed by atoms with Crippen LogP contribution in [0.15, 0.2) is 155 Å². The summed E-state index contributed by atoms with van der Waals surface area (Å²) in [6.07, 6.45) is 75.8. The van der Waals surface area contributed by atoms with Crippen LogP contribution in [0.4, 0.5) is 0 Å². The van der Waals surface area contributed by atoms with E-state index in [1.165, 1.54) is 185 Å². The van der Waals surface area contributed by atoms with Crippen LogP contribution in [0.25, 0.3) is 0 Å². The largest absolute Gasteiger partial charge is 0.494 e. The third kappa shape index (κ3) is 9.85. The molecule has 78 heavy (non-hydrogen) atoms. The molecular weight excluding hydrogens is 945 g/mol. The molecule has 0 aromatic heterocycles. The molecule has 2 fully saturated rings. The predicted octanol–water partition coefficient (Wildman–Crippen LogP) is 20.0. The van der Waals surface area contributed by atoms with Gasteiger partial charge in [0.15, 0.2) is 0 Å². The summed E-state index contributed by atoms with van der Waals surface area (Å²) in [5.74, 6) is 7.67. The normalized spacial score (nSPS) is 38.9. The maximum Gasteiger partial charge on any atom is 0.102 e. The Bertz CT molecular complexity index is 2640. The topological polar surface area (TPSA) is 15.7 Å². The highest BCUT2D eigenvalue weighted by atomic mass is 16.5. The molecule has 0 radical (unpaired) electrons. The molecule has 1 heterocycles. The highest BCUT2D eigenvalue weighted by molar-refractivity contribution is 5.48. The lowest BCUT2D eigenvalue weighted by molar-refractivity contribution is 0.0830. The van der Waals surface area contributed by atoms with E-state index in [1.54, 1.807) is 22.7 Å². The van der Waals surface area contributed by atoms with Crippen molar-refractivity contribution in [3.05, 3.63) is 155 Å². The van der Waals surface area contributed by atoms with E-state index in [4.69, 9.17) is 4.74 Å². The number of nitrogens with zero attached hydrogens (tertiary/aromatic N) is 2. The summed E-state index contributed by atoms with van der Waals surface area (Å²) in [5.41, 5.74) is 16.3. The quantitative estimate of drug-likeness (QED) is 0.171. The van der Waals surface area contributed by atoms with Crippen molar-refractivity contribution in [3.8, 4) is 0 Å². The van der Waals surface area contributed by atoms with Gasteiger partial charge in [-0.3, -0.25) is 0 Å². The molecular formula is C75H102N2O. The Hall–Kier alpha value is -3.98. The van der Waals surface area contributed by atoms with Crippen molar-refractivity contribution in [2.75, 3.05) is 0 Å². The number of fused-ring (bicyclic) bond motifs is 4. The van der Waals surface area contributed by atoms with Crippen LogP contribution in [0.2, 0.25) is 0 Å². The Morgan fingerprint density at radius 1 is 0.705 bits per heavy atom. The summed E-state index contributed by atoms with van der Waals surface area (Å²) >= 11 is 0. The minimum absolute atomic E-state index is 0.139. The lowest BCUT2D eigenvalue weighted by atomic mass is 9.53. The average molecular weight is 1050 g/mol. The van der Waals surface area contributed by atoms with Gasteiger partial charge in [0.1, 0.15) is 6.10 Å². The van der Waals surface area contributed by atoms with Crippen molar-refractivity contribution >= 4 is 0 Å². The van der Waals surface area contributed by atoms with Gasteiger partial charge in [0.2, 0.25) is 0 Å². The monoisotopic (exact) mass is 1050 g/mol. The van der Waals surface area contributed by atoms with E-state index in [9.17, 15) is 0 Å². The van der Waals surface area contributed by atoms with Crippen molar-refractivity contribution in [3.63, 3.8) is 0 Å². The molecule has 1 aliphatic heterocycles. The molecule has 0 aromatic carbocycles. The van der Waals surface area contributed by atoms with E-state index in [0.717, 1.165) is 61.2 Å². The first-order valence-corrected chi connectivity index (χ1v) is 33.4. The molecule has 13 aliphatic rings. The van der Waals surface area contributed by atoms with Gasteiger partial charge in [-0.25, -0.2) is 0 Å². The number of hydrogen-bond donors (Lipinski definition) is 0. The zero-order valence-electron chi connectivity index (χ0n) is 49.2. The molecule has 12 atom stereocenters. The SMILES string of the molecule is C=CC1=CC=C(OC2CC=C(C3(C4C=CC=CC4)C4=C(CCC(N(C5=CCC(C6CCC7=C(C6)C6CCCC=C6N7C6CCC(C=C)CC6)CC5)C5C=CC(C(C)(C)C6=CC(C)CCC6)CC5)C4)C4CCCCC43)CC2)CC1. The van der Waals surface area contributed by atoms with Crippen LogP contribution in [0.1, 0.15) is 220 Å². The zero-order chi connectivity index (χ0) is 53.0. The maximum atomic E-state index is 6.87. The number of allylic oxidation sites excluding steroid dienone is 20. The van der Waals surface area contributed by atoms with Crippen LogP contribution in [0.5, 0.6) is 0 Å². The molecule has 3 heteroatoms. The van der Waals surface area contributed by atoms with Crippen LogP contribution in [-0.2, 0) is 4.74 Å². The fourth-order valence-corrected chi connectivity index (χ4v) is 20.3. The predicted molar refractivity (Wildman–Crippen MR) is 327 cm³/mol. The van der Waals surface area contributed by atoms with Crippen molar-refractivity contribution in [2.24, 2.45) is 64.1 Å². The van der Waals surface area contributed by atoms with Crippen molar-refractivity contribution < 1.29 is 4.74 Å². The summed E-state index contributed by atoms with van der Waals surface area (Å²) < 4.78 is 6.87. The van der Waals surface area contributed by atoms with Gasteiger partial charge < -0.3 is 14.5 Å². The Morgan fingerprint density at radius 3 is 2.33 bits per heavy atom. The molecule has 0 amide bonds. The van der Waals surface area contributed by atoms with E-state index in [0.29, 0.717) is 35.9 Å². The molecule has 13 rings (SSSR count). The number of hydrogen-bond acceptors (Lipinski definition) is 3. The first-order chi connectivity index (χ1) is 38.2. The Kier molecular flexibility index (Phi) is 15.6. The van der Waals surface area contributed by atoms with E-state index in [1.807, 2.05) is 28.4 Å². The van der Waals surface area contributed by atoms with Gasteiger partial charge in [0, 0.05) is 59.4 Å². The fourth-order valence-electron chi connectivity index (χ4n) is 20.3. The van der Waals surface area contributed by atoms with Crippen molar-refractivity contribution in [2.45, 2.75) is 244 Å². The molecule has 0 spiro atoms. The summed E-state index contributed by atoms with van der Waals surface area (Å²) in [5, 5.41) is 0. The minimum atomic E-state index is 0.139. The zero-order valence-corrected chi connectivity index (χ0v) is 49.2. The standard InChI is InChI=1S/C75H102N2O/c1-6-52-24-35-62(36-25-52)77-72-23-14-12-21-68(72)69-49-55(30-47-73(69)77)54-28-37-60(38-29-54)76(61-39-31-56(32-40-61)74(4,5)59-19-15-16-51(3)48-59)63-41-46-67-66-20-11-13-22-70(66)75(71(67)50-63,57-17-9-8-10-18-57)58-33-44-65(45-34-58)78-64-42-26-53(7-2)27-43-64/h6-10,17,23,26,31,33,37,39,42,48,51-52,54-57,61-63,65-66,68,70H,1-2,11-16,18-22,24-25,27-30,32,34-36,38,40-41,43-47,49-50H2,3-5H3. The van der Waals surface area contributed by atoms with Crippen LogP contribution in [0.3, 0.4) is 0 Å². The highest BCUT2D eigenvalue weighted by Gasteiger charge is 2.60. The molecule has 0 bridgehead atoms. The second-order valence-corrected chi connectivity index (χ2v) is 28.6. The third-order valence-electron chi connectivity index (χ3n) is 24.4. The van der Waals surface area contributed by atoms with Gasteiger partial charge in [-0.05, 0) is 243 Å². The summed E-state index contributed by atoms with van der Waals surface area (Å²) in [6.45, 7) is 15.9. The van der Waals surface area contributed by atoms with Crippen LogP contribution in [-0.4, -0.2) is 34.0 Å². The molecule has 2 saturated carbocycles. The van der Waals surface area contributed by atoms with Crippen molar-refractivity contribution in [1.82, 2.24) is 9.80 Å². The van der Waals surface area contributed by atoms with E-state index < -0.39 is 0 Å². The van der Waals surface area contributed by atoms with Crippen LogP contribution in [0, 0.1) is 64.1 Å². The molecule has 0 N–H and O–H groups in total. The first kappa shape index (κ1) is 53.3. The summed E-state index contributed by atoms with van der Waals surface area (Å²) in [4.78, 5) is 6.15. The minimum Gasteiger partial charge on any atom is -0.494 e. The summed E-state index contributed by atoms with van der Waals surface area (Å²) in [7, 11) is 0. The van der Waals surface area contributed by atoms with Crippen molar-refractivity contribution in [1.29, 1.82) is 0 Å². The van der Waals surface area contributed by atoms with Gasteiger partial charge in [0.25, 0.3) is 0 Å². The van der Waals surface area contributed by atoms with E-state index >= 15 is 0 Å².